The van der Waals surface area contributed by atoms with Gasteiger partial charge in [-0.15, -0.1) is 0 Å². The quantitative estimate of drug-likeness (QED) is 0.542. The van der Waals surface area contributed by atoms with Crippen LogP contribution in [0.15, 0.2) is 0 Å². The van der Waals surface area contributed by atoms with E-state index in [0.717, 1.165) is 12.8 Å². The van der Waals surface area contributed by atoms with E-state index in [1.54, 1.807) is 0 Å². The molecule has 2 saturated carbocycles. The molecule has 0 aliphatic heterocycles. The van der Waals surface area contributed by atoms with E-state index in [-0.39, 0.29) is 5.41 Å². The predicted octanol–water partition coefficient (Wildman–Crippen LogP) is 3.80. The second-order valence-corrected chi connectivity index (χ2v) is 4.85. The standard InChI is InChI=1S/C11H18F2/c12-9-7-11(8-10(9)13)5-3-1-2-4-6-11/h9-10H,1-8H2. The van der Waals surface area contributed by atoms with Crippen molar-refractivity contribution in [3.63, 3.8) is 0 Å². The molecular formula is C11H18F2. The van der Waals surface area contributed by atoms with Gasteiger partial charge in [0.05, 0.1) is 0 Å². The van der Waals surface area contributed by atoms with Crippen molar-refractivity contribution in [2.45, 2.75) is 63.7 Å². The molecule has 2 unspecified atom stereocenters. The third-order valence-corrected chi connectivity index (χ3v) is 3.81. The Morgan fingerprint density at radius 1 is 0.769 bits per heavy atom. The molecule has 0 N–H and O–H groups in total. The summed E-state index contributed by atoms with van der Waals surface area (Å²) in [6, 6.07) is 0. The molecule has 2 aliphatic rings. The first-order valence-electron chi connectivity index (χ1n) is 5.50. The van der Waals surface area contributed by atoms with Gasteiger partial charge in [-0.1, -0.05) is 25.7 Å². The lowest BCUT2D eigenvalue weighted by atomic mass is 9.79. The van der Waals surface area contributed by atoms with Crippen molar-refractivity contribution >= 4 is 0 Å². The summed E-state index contributed by atoms with van der Waals surface area (Å²) in [4.78, 5) is 0. The van der Waals surface area contributed by atoms with Gasteiger partial charge in [-0.25, -0.2) is 8.78 Å². The van der Waals surface area contributed by atoms with Crippen molar-refractivity contribution in [3.05, 3.63) is 0 Å². The van der Waals surface area contributed by atoms with Crippen LogP contribution in [-0.2, 0) is 0 Å². The molecule has 0 aromatic rings. The minimum absolute atomic E-state index is 0.0509. The summed E-state index contributed by atoms with van der Waals surface area (Å²) in [7, 11) is 0. The van der Waals surface area contributed by atoms with Gasteiger partial charge in [0.1, 0.15) is 12.3 Å². The van der Waals surface area contributed by atoms with E-state index in [2.05, 4.69) is 0 Å². The van der Waals surface area contributed by atoms with Gasteiger partial charge in [0.15, 0.2) is 0 Å². The third kappa shape index (κ3) is 1.87. The smallest absolute Gasteiger partial charge is 0.132 e. The summed E-state index contributed by atoms with van der Waals surface area (Å²) in [5, 5.41) is 0. The maximum atomic E-state index is 13.1. The van der Waals surface area contributed by atoms with Crippen LogP contribution in [0.4, 0.5) is 8.78 Å². The molecule has 0 radical (unpaired) electrons. The molecule has 0 heterocycles. The monoisotopic (exact) mass is 188 g/mol. The van der Waals surface area contributed by atoms with Crippen molar-refractivity contribution in [2.24, 2.45) is 5.41 Å². The Morgan fingerprint density at radius 2 is 1.23 bits per heavy atom. The van der Waals surface area contributed by atoms with Crippen LogP contribution in [0.2, 0.25) is 0 Å². The van der Waals surface area contributed by atoms with Gasteiger partial charge in [-0.3, -0.25) is 0 Å². The van der Waals surface area contributed by atoms with Gasteiger partial charge in [0.2, 0.25) is 0 Å². The first-order valence-corrected chi connectivity index (χ1v) is 5.50. The van der Waals surface area contributed by atoms with E-state index in [4.69, 9.17) is 0 Å². The number of rotatable bonds is 0. The zero-order valence-corrected chi connectivity index (χ0v) is 8.07. The SMILES string of the molecule is FC1CC2(CCCCCC2)CC1F. The largest absolute Gasteiger partial charge is 0.244 e. The summed E-state index contributed by atoms with van der Waals surface area (Å²) in [6.45, 7) is 0. The van der Waals surface area contributed by atoms with Crippen LogP contribution in [-0.4, -0.2) is 12.3 Å². The van der Waals surface area contributed by atoms with E-state index in [1.165, 1.54) is 25.7 Å². The Balaban J connectivity index is 2.02. The third-order valence-electron chi connectivity index (χ3n) is 3.81. The molecule has 76 valence electrons. The molecule has 0 aromatic carbocycles. The molecular weight excluding hydrogens is 170 g/mol. The molecule has 2 fully saturated rings. The highest BCUT2D eigenvalue weighted by atomic mass is 19.2. The highest BCUT2D eigenvalue weighted by molar-refractivity contribution is 4.95. The summed E-state index contributed by atoms with van der Waals surface area (Å²) in [6.07, 6.45) is 5.66. The molecule has 2 rings (SSSR count). The van der Waals surface area contributed by atoms with Crippen molar-refractivity contribution < 1.29 is 8.78 Å². The maximum absolute atomic E-state index is 13.1. The molecule has 0 amide bonds. The van der Waals surface area contributed by atoms with Crippen LogP contribution in [0.25, 0.3) is 0 Å². The molecule has 0 aromatic heterocycles. The molecule has 2 heteroatoms. The van der Waals surface area contributed by atoms with Crippen molar-refractivity contribution in [3.8, 4) is 0 Å². The first kappa shape index (κ1) is 9.42. The van der Waals surface area contributed by atoms with Crippen LogP contribution in [0.5, 0.6) is 0 Å². The van der Waals surface area contributed by atoms with Gasteiger partial charge < -0.3 is 0 Å². The molecule has 2 aliphatic carbocycles. The second-order valence-electron chi connectivity index (χ2n) is 4.85. The fraction of sp³-hybridized carbons (Fsp3) is 1.00. The van der Waals surface area contributed by atoms with Gasteiger partial charge in [-0.2, -0.15) is 0 Å². The van der Waals surface area contributed by atoms with Crippen LogP contribution in [0, 0.1) is 5.41 Å². The van der Waals surface area contributed by atoms with Crippen LogP contribution in [0.3, 0.4) is 0 Å². The fourth-order valence-corrected chi connectivity index (χ4v) is 3.05. The van der Waals surface area contributed by atoms with E-state index >= 15 is 0 Å². The van der Waals surface area contributed by atoms with Crippen LogP contribution >= 0.6 is 0 Å². The molecule has 2 atom stereocenters. The summed E-state index contributed by atoms with van der Waals surface area (Å²) in [5.41, 5.74) is 0.0509. The summed E-state index contributed by atoms with van der Waals surface area (Å²) in [5.74, 6) is 0. The minimum Gasteiger partial charge on any atom is -0.244 e. The molecule has 0 nitrogen and oxygen atoms in total. The predicted molar refractivity (Wildman–Crippen MR) is 49.2 cm³/mol. The van der Waals surface area contributed by atoms with E-state index < -0.39 is 12.3 Å². The summed E-state index contributed by atoms with van der Waals surface area (Å²) < 4.78 is 26.2. The van der Waals surface area contributed by atoms with Gasteiger partial charge in [0, 0.05) is 0 Å². The average Bonchev–Trinajstić information content (AvgIpc) is 2.29. The Kier molecular flexibility index (Phi) is 2.57. The van der Waals surface area contributed by atoms with Gasteiger partial charge in [-0.05, 0) is 31.1 Å². The zero-order chi connectivity index (χ0) is 9.31. The highest BCUT2D eigenvalue weighted by Crippen LogP contribution is 2.49. The topological polar surface area (TPSA) is 0 Å². The second kappa shape index (κ2) is 3.55. The average molecular weight is 188 g/mol. The molecule has 0 bridgehead atoms. The van der Waals surface area contributed by atoms with Crippen molar-refractivity contribution in [1.29, 1.82) is 0 Å². The van der Waals surface area contributed by atoms with E-state index in [0.29, 0.717) is 12.8 Å². The normalized spacial score (nSPS) is 39.2. The summed E-state index contributed by atoms with van der Waals surface area (Å²) >= 11 is 0. The maximum Gasteiger partial charge on any atom is 0.132 e. The van der Waals surface area contributed by atoms with Crippen LogP contribution in [0.1, 0.15) is 51.4 Å². The first-order chi connectivity index (χ1) is 6.22. The Hall–Kier alpha value is -0.140. The van der Waals surface area contributed by atoms with Crippen molar-refractivity contribution in [1.82, 2.24) is 0 Å². The Labute approximate surface area is 78.7 Å². The number of hydrogen-bond acceptors (Lipinski definition) is 0. The minimum atomic E-state index is -1.17. The van der Waals surface area contributed by atoms with E-state index in [9.17, 15) is 8.78 Å². The fourth-order valence-electron chi connectivity index (χ4n) is 3.05. The molecule has 0 saturated heterocycles. The Morgan fingerprint density at radius 3 is 1.69 bits per heavy atom. The van der Waals surface area contributed by atoms with Gasteiger partial charge >= 0.3 is 0 Å². The lowest BCUT2D eigenvalue weighted by Gasteiger charge is -2.26. The Bertz CT molecular complexity index is 159. The van der Waals surface area contributed by atoms with E-state index in [1.807, 2.05) is 0 Å². The number of halogens is 2. The molecule has 1 spiro atoms. The lowest BCUT2D eigenvalue weighted by molar-refractivity contribution is 0.199. The lowest BCUT2D eigenvalue weighted by Crippen LogP contribution is -2.16. The zero-order valence-electron chi connectivity index (χ0n) is 8.07. The number of hydrogen-bond donors (Lipinski definition) is 0. The number of alkyl halides is 2. The highest BCUT2D eigenvalue weighted by Gasteiger charge is 2.45. The molecule has 13 heavy (non-hydrogen) atoms. The van der Waals surface area contributed by atoms with Crippen LogP contribution < -0.4 is 0 Å². The van der Waals surface area contributed by atoms with Crippen molar-refractivity contribution in [2.75, 3.05) is 0 Å². The van der Waals surface area contributed by atoms with Gasteiger partial charge in [0.25, 0.3) is 0 Å².